The van der Waals surface area contributed by atoms with E-state index in [0.717, 1.165) is 0 Å². The van der Waals surface area contributed by atoms with Crippen LogP contribution < -0.4 is 11.5 Å². The average Bonchev–Trinajstić information content (AvgIpc) is 3.21. The number of aromatic hydroxyl groups is 2. The van der Waals surface area contributed by atoms with Gasteiger partial charge in [-0.15, -0.1) is 22.6 Å². The fraction of sp³-hybridized carbons (Fsp3) is 0. The van der Waals surface area contributed by atoms with E-state index in [0.29, 0.717) is 33.5 Å². The molecular formula is C18H15ClN4O4. The first-order valence-corrected chi connectivity index (χ1v) is 7.63. The molecule has 138 valence electrons. The molecule has 0 radical (unpaired) electrons. The lowest BCUT2D eigenvalue weighted by Gasteiger charge is -1.98. The molecule has 4 aromatic rings. The van der Waals surface area contributed by atoms with Crippen LogP contribution >= 0.6 is 12.4 Å². The molecule has 0 aliphatic heterocycles. The van der Waals surface area contributed by atoms with Crippen LogP contribution in [0.5, 0.6) is 11.5 Å². The Kier molecular flexibility index (Phi) is 4.66. The Hall–Kier alpha value is -3.65. The smallest absolute Gasteiger partial charge is 0.211 e. The minimum Gasteiger partial charge on any atom is -0.504 e. The minimum absolute atomic E-state index is 0. The molecule has 2 heterocycles. The van der Waals surface area contributed by atoms with Crippen molar-refractivity contribution < 1.29 is 19.0 Å². The Morgan fingerprint density at radius 1 is 0.778 bits per heavy atom. The predicted molar refractivity (Wildman–Crippen MR) is 104 cm³/mol. The van der Waals surface area contributed by atoms with Crippen molar-refractivity contribution in [3.8, 4) is 11.5 Å². The first kappa shape index (κ1) is 18.2. The molecule has 4 rings (SSSR count). The summed E-state index contributed by atoms with van der Waals surface area (Å²) in [5.41, 5.74) is 11.6. The summed E-state index contributed by atoms with van der Waals surface area (Å²) in [5, 5.41) is 28.9. The van der Waals surface area contributed by atoms with Gasteiger partial charge >= 0.3 is 0 Å². The molecule has 0 unspecified atom stereocenters. The molecule has 0 aliphatic rings. The fourth-order valence-electron chi connectivity index (χ4n) is 2.66. The molecule has 0 aliphatic carbocycles. The Balaban J connectivity index is 0.00000210. The van der Waals surface area contributed by atoms with Crippen molar-refractivity contribution in [2.45, 2.75) is 0 Å². The average molecular weight is 387 g/mol. The summed E-state index contributed by atoms with van der Waals surface area (Å²) in [6.45, 7) is 0. The van der Waals surface area contributed by atoms with Crippen molar-refractivity contribution >= 4 is 46.0 Å². The summed E-state index contributed by atoms with van der Waals surface area (Å²) in [7, 11) is 0. The van der Waals surface area contributed by atoms with Crippen LogP contribution in [0.4, 0.5) is 0 Å². The first-order chi connectivity index (χ1) is 12.5. The van der Waals surface area contributed by atoms with E-state index in [4.69, 9.17) is 20.3 Å². The zero-order valence-corrected chi connectivity index (χ0v) is 14.6. The summed E-state index contributed by atoms with van der Waals surface area (Å²) in [6.07, 6.45) is 0. The van der Waals surface area contributed by atoms with Crippen LogP contribution in [0.3, 0.4) is 0 Å². The maximum Gasteiger partial charge on any atom is 0.211 e. The van der Waals surface area contributed by atoms with Gasteiger partial charge in [0.2, 0.25) is 5.96 Å². The molecule has 0 spiro atoms. The van der Waals surface area contributed by atoms with Crippen molar-refractivity contribution in [1.29, 1.82) is 0 Å². The Bertz CT molecular complexity index is 1110. The SMILES string of the molecule is Cl.NC(N)=NN=C(c1cc2cccc(O)c2o1)c1cc2cccc(O)c2o1. The molecule has 0 saturated heterocycles. The van der Waals surface area contributed by atoms with Gasteiger partial charge < -0.3 is 30.5 Å². The van der Waals surface area contributed by atoms with Crippen LogP contribution in [0.2, 0.25) is 0 Å². The van der Waals surface area contributed by atoms with Crippen LogP contribution in [-0.4, -0.2) is 21.9 Å². The van der Waals surface area contributed by atoms with E-state index in [1.807, 2.05) is 0 Å². The van der Waals surface area contributed by atoms with Gasteiger partial charge in [0.05, 0.1) is 0 Å². The van der Waals surface area contributed by atoms with Gasteiger partial charge in [-0.1, -0.05) is 24.3 Å². The van der Waals surface area contributed by atoms with Crippen molar-refractivity contribution in [1.82, 2.24) is 0 Å². The van der Waals surface area contributed by atoms with Crippen LogP contribution in [-0.2, 0) is 0 Å². The van der Waals surface area contributed by atoms with E-state index in [1.165, 1.54) is 12.1 Å². The fourth-order valence-corrected chi connectivity index (χ4v) is 2.66. The molecule has 8 nitrogen and oxygen atoms in total. The highest BCUT2D eigenvalue weighted by Crippen LogP contribution is 2.32. The zero-order chi connectivity index (χ0) is 18.3. The number of benzene rings is 2. The van der Waals surface area contributed by atoms with Gasteiger partial charge in [-0.05, 0) is 24.3 Å². The van der Waals surface area contributed by atoms with Gasteiger partial charge in [0.1, 0.15) is 0 Å². The summed E-state index contributed by atoms with van der Waals surface area (Å²) in [5.74, 6) is 0.352. The highest BCUT2D eigenvalue weighted by molar-refractivity contribution is 6.13. The molecular weight excluding hydrogens is 372 g/mol. The number of hydrogen-bond acceptors (Lipinski definition) is 6. The molecule has 0 atom stereocenters. The number of guanidine groups is 1. The largest absolute Gasteiger partial charge is 0.504 e. The third-order valence-corrected chi connectivity index (χ3v) is 3.78. The number of fused-ring (bicyclic) bond motifs is 2. The third kappa shape index (κ3) is 3.25. The van der Waals surface area contributed by atoms with Crippen LogP contribution in [0, 0.1) is 0 Å². The zero-order valence-electron chi connectivity index (χ0n) is 13.8. The third-order valence-electron chi connectivity index (χ3n) is 3.78. The summed E-state index contributed by atoms with van der Waals surface area (Å²) in [6, 6.07) is 13.4. The number of rotatable bonds is 3. The predicted octanol–water partition coefficient (Wildman–Crippen LogP) is 3.04. The van der Waals surface area contributed by atoms with E-state index in [-0.39, 0.29) is 35.6 Å². The maximum atomic E-state index is 9.95. The van der Waals surface area contributed by atoms with E-state index >= 15 is 0 Å². The number of halogens is 1. The van der Waals surface area contributed by atoms with Crippen molar-refractivity contribution in [3.05, 3.63) is 60.1 Å². The number of nitrogens with two attached hydrogens (primary N) is 2. The topological polar surface area (TPSA) is 144 Å². The van der Waals surface area contributed by atoms with Crippen LogP contribution in [0.1, 0.15) is 11.5 Å². The van der Waals surface area contributed by atoms with Crippen LogP contribution in [0.25, 0.3) is 21.9 Å². The lowest BCUT2D eigenvalue weighted by Crippen LogP contribution is -2.22. The van der Waals surface area contributed by atoms with Gasteiger partial charge in [-0.2, -0.15) is 0 Å². The summed E-state index contributed by atoms with van der Waals surface area (Å²) >= 11 is 0. The van der Waals surface area contributed by atoms with Gasteiger partial charge in [-0.25, -0.2) is 0 Å². The van der Waals surface area contributed by atoms with E-state index in [1.54, 1.807) is 36.4 Å². The van der Waals surface area contributed by atoms with E-state index in [9.17, 15) is 10.2 Å². The Labute approximate surface area is 158 Å². The number of phenolic OH excluding ortho intramolecular Hbond substituents is 2. The lowest BCUT2D eigenvalue weighted by atomic mass is 10.2. The molecule has 27 heavy (non-hydrogen) atoms. The van der Waals surface area contributed by atoms with Crippen molar-refractivity contribution in [2.75, 3.05) is 0 Å². The number of hydrogen-bond donors (Lipinski definition) is 4. The van der Waals surface area contributed by atoms with Gasteiger partial charge in [0.25, 0.3) is 0 Å². The number of phenols is 2. The molecule has 0 fully saturated rings. The van der Waals surface area contributed by atoms with E-state index < -0.39 is 0 Å². The monoisotopic (exact) mass is 386 g/mol. The second kappa shape index (κ2) is 6.93. The van der Waals surface area contributed by atoms with Crippen molar-refractivity contribution in [3.63, 3.8) is 0 Å². The van der Waals surface area contributed by atoms with Crippen LogP contribution in [0.15, 0.2) is 67.6 Å². The molecule has 0 amide bonds. The lowest BCUT2D eigenvalue weighted by molar-refractivity contribution is 0.462. The number of furan rings is 2. The minimum atomic E-state index is -0.236. The normalized spacial score (nSPS) is 10.5. The Morgan fingerprint density at radius 2 is 1.26 bits per heavy atom. The second-order valence-corrected chi connectivity index (χ2v) is 5.59. The highest BCUT2D eigenvalue weighted by atomic mass is 35.5. The molecule has 2 aromatic heterocycles. The maximum absolute atomic E-state index is 9.95. The van der Waals surface area contributed by atoms with Gasteiger partial charge in [-0.3, -0.25) is 0 Å². The number of nitrogens with zero attached hydrogens (tertiary/aromatic N) is 2. The standard InChI is InChI=1S/C18H14N4O4.ClH/c19-18(20)22-21-15(13-7-9-3-1-5-11(23)16(9)25-13)14-8-10-4-2-6-12(24)17(10)26-14;/h1-8,23-24H,(H4,19,20,22);1H. The van der Waals surface area contributed by atoms with E-state index in [2.05, 4.69) is 10.2 Å². The molecule has 0 bridgehead atoms. The molecule has 0 saturated carbocycles. The summed E-state index contributed by atoms with van der Waals surface area (Å²) < 4.78 is 11.4. The highest BCUT2D eigenvalue weighted by Gasteiger charge is 2.19. The molecule has 2 aromatic carbocycles. The van der Waals surface area contributed by atoms with Gasteiger partial charge in [0.15, 0.2) is 39.9 Å². The molecule has 6 N–H and O–H groups in total. The quantitative estimate of drug-likeness (QED) is 0.242. The number of para-hydroxylation sites is 2. The van der Waals surface area contributed by atoms with Gasteiger partial charge in [0, 0.05) is 10.8 Å². The van der Waals surface area contributed by atoms with Crippen molar-refractivity contribution in [2.24, 2.45) is 21.7 Å². The first-order valence-electron chi connectivity index (χ1n) is 7.63. The molecule has 9 heteroatoms. The Morgan fingerprint density at radius 3 is 1.67 bits per heavy atom. The second-order valence-electron chi connectivity index (χ2n) is 5.59. The summed E-state index contributed by atoms with van der Waals surface area (Å²) in [4.78, 5) is 0.